The predicted molar refractivity (Wildman–Crippen MR) is 33.8 cm³/mol. The van der Waals surface area contributed by atoms with Crippen LogP contribution in [0.5, 0.6) is 0 Å². The summed E-state index contributed by atoms with van der Waals surface area (Å²) >= 11 is 0. The van der Waals surface area contributed by atoms with Crippen LogP contribution in [0.1, 0.15) is 13.3 Å². The van der Waals surface area contributed by atoms with Crippen molar-refractivity contribution in [3.63, 3.8) is 0 Å². The molecule has 0 saturated heterocycles. The summed E-state index contributed by atoms with van der Waals surface area (Å²) in [6.07, 6.45) is 6.88. The van der Waals surface area contributed by atoms with E-state index in [0.29, 0.717) is 0 Å². The normalized spacial score (nSPS) is 11.7. The Kier molecular flexibility index (Phi) is 4.95. The molecule has 0 fully saturated rings. The van der Waals surface area contributed by atoms with E-state index in [-0.39, 0.29) is 0 Å². The van der Waals surface area contributed by atoms with Gasteiger partial charge in [0.2, 0.25) is 0 Å². The van der Waals surface area contributed by atoms with Crippen LogP contribution in [-0.2, 0) is 0 Å². The third-order valence-electron chi connectivity index (χ3n) is 0.607. The summed E-state index contributed by atoms with van der Waals surface area (Å²) in [5, 5.41) is 0. The first-order chi connectivity index (χ1) is 3.41. The van der Waals surface area contributed by atoms with Crippen molar-refractivity contribution in [2.45, 2.75) is 13.3 Å². The third kappa shape index (κ3) is 5.41. The van der Waals surface area contributed by atoms with E-state index < -0.39 is 0 Å². The second-order valence-corrected chi connectivity index (χ2v) is 1.24. The van der Waals surface area contributed by atoms with E-state index in [0.717, 1.165) is 6.42 Å². The molecular formula is C6H11N. The maximum absolute atomic E-state index is 3.76. The van der Waals surface area contributed by atoms with Crippen molar-refractivity contribution in [3.05, 3.63) is 12.2 Å². The lowest BCUT2D eigenvalue weighted by Crippen LogP contribution is -1.59. The molecule has 7 heavy (non-hydrogen) atoms. The quantitative estimate of drug-likeness (QED) is 0.464. The molecule has 0 aromatic rings. The lowest BCUT2D eigenvalue weighted by atomic mass is 10.4. The highest BCUT2D eigenvalue weighted by Gasteiger charge is 1.58. The second kappa shape index (κ2) is 5.41. The van der Waals surface area contributed by atoms with Crippen LogP contribution in [0.3, 0.4) is 0 Å². The molecule has 0 N–H and O–H groups in total. The van der Waals surface area contributed by atoms with Gasteiger partial charge in [-0.05, 0) is 12.5 Å². The van der Waals surface area contributed by atoms with E-state index in [1.807, 2.05) is 6.08 Å². The highest BCUT2D eigenvalue weighted by molar-refractivity contribution is 5.70. The molecule has 0 saturated carbocycles. The summed E-state index contributed by atoms with van der Waals surface area (Å²) in [5.74, 6) is 0. The standard InChI is InChI=1S/C6H11N/c1-3-4-5-6-7-2/h4-6H,3H2,1-2H3/b5-4-,7-6?. The van der Waals surface area contributed by atoms with Crippen LogP contribution in [0.15, 0.2) is 17.1 Å². The molecule has 0 aliphatic rings. The van der Waals surface area contributed by atoms with Gasteiger partial charge in [-0.3, -0.25) is 4.99 Å². The minimum atomic E-state index is 1.09. The van der Waals surface area contributed by atoms with Crippen molar-refractivity contribution in [2.24, 2.45) is 4.99 Å². The molecule has 0 rings (SSSR count). The summed E-state index contributed by atoms with van der Waals surface area (Å²) in [6, 6.07) is 0. The van der Waals surface area contributed by atoms with Gasteiger partial charge in [0, 0.05) is 13.3 Å². The van der Waals surface area contributed by atoms with E-state index in [2.05, 4.69) is 18.0 Å². The van der Waals surface area contributed by atoms with Gasteiger partial charge in [-0.25, -0.2) is 0 Å². The first-order valence-electron chi connectivity index (χ1n) is 2.49. The van der Waals surface area contributed by atoms with Crippen LogP contribution in [-0.4, -0.2) is 13.3 Å². The summed E-state index contributed by atoms with van der Waals surface area (Å²) in [6.45, 7) is 2.10. The van der Waals surface area contributed by atoms with E-state index in [1.165, 1.54) is 0 Å². The van der Waals surface area contributed by atoms with Crippen LogP contribution in [0.4, 0.5) is 0 Å². The maximum Gasteiger partial charge on any atom is 0.0277 e. The van der Waals surface area contributed by atoms with Crippen molar-refractivity contribution in [2.75, 3.05) is 7.05 Å². The zero-order valence-corrected chi connectivity index (χ0v) is 4.89. The maximum atomic E-state index is 3.76. The molecule has 0 aromatic carbocycles. The topological polar surface area (TPSA) is 12.4 Å². The number of nitrogens with zero attached hydrogens (tertiary/aromatic N) is 1. The van der Waals surface area contributed by atoms with Crippen LogP contribution < -0.4 is 0 Å². The van der Waals surface area contributed by atoms with E-state index in [1.54, 1.807) is 13.3 Å². The molecule has 0 aliphatic carbocycles. The van der Waals surface area contributed by atoms with Gasteiger partial charge in [0.15, 0.2) is 0 Å². The summed E-state index contributed by atoms with van der Waals surface area (Å²) in [5.41, 5.74) is 0. The second-order valence-electron chi connectivity index (χ2n) is 1.24. The van der Waals surface area contributed by atoms with Gasteiger partial charge in [0.25, 0.3) is 0 Å². The van der Waals surface area contributed by atoms with Gasteiger partial charge in [0.1, 0.15) is 0 Å². The van der Waals surface area contributed by atoms with Crippen LogP contribution in [0.25, 0.3) is 0 Å². The van der Waals surface area contributed by atoms with Crippen molar-refractivity contribution in [3.8, 4) is 0 Å². The molecule has 0 aliphatic heterocycles. The summed E-state index contributed by atoms with van der Waals surface area (Å²) < 4.78 is 0. The number of rotatable bonds is 2. The average Bonchev–Trinajstić information content (AvgIpc) is 1.69. The van der Waals surface area contributed by atoms with Crippen molar-refractivity contribution >= 4 is 6.21 Å². The van der Waals surface area contributed by atoms with Crippen LogP contribution in [0, 0.1) is 0 Å². The van der Waals surface area contributed by atoms with Gasteiger partial charge < -0.3 is 0 Å². The first kappa shape index (κ1) is 6.41. The minimum absolute atomic E-state index is 1.09. The van der Waals surface area contributed by atoms with Crippen molar-refractivity contribution in [1.82, 2.24) is 0 Å². The Hall–Kier alpha value is -0.590. The molecule has 0 amide bonds. The van der Waals surface area contributed by atoms with Gasteiger partial charge in [0.05, 0.1) is 0 Å². The fourth-order valence-electron chi connectivity index (χ4n) is 0.283. The third-order valence-corrected chi connectivity index (χ3v) is 0.607. The predicted octanol–water partition coefficient (Wildman–Crippen LogP) is 1.65. The Balaban J connectivity index is 3.09. The zero-order valence-electron chi connectivity index (χ0n) is 4.89. The fraction of sp³-hybridized carbons (Fsp3) is 0.500. The van der Waals surface area contributed by atoms with Crippen molar-refractivity contribution in [1.29, 1.82) is 0 Å². The Bertz CT molecular complexity index is 72.2. The Morgan fingerprint density at radius 2 is 2.29 bits per heavy atom. The molecule has 0 radical (unpaired) electrons. The molecule has 1 heteroatoms. The van der Waals surface area contributed by atoms with Gasteiger partial charge >= 0.3 is 0 Å². The molecule has 0 aromatic heterocycles. The molecule has 0 unspecified atom stereocenters. The zero-order chi connectivity index (χ0) is 5.54. The lowest BCUT2D eigenvalue weighted by molar-refractivity contribution is 1.23. The molecule has 1 nitrogen and oxygen atoms in total. The minimum Gasteiger partial charge on any atom is -0.297 e. The summed E-state index contributed by atoms with van der Waals surface area (Å²) in [7, 11) is 1.76. The van der Waals surface area contributed by atoms with Crippen LogP contribution in [0.2, 0.25) is 0 Å². The van der Waals surface area contributed by atoms with E-state index >= 15 is 0 Å². The molecular weight excluding hydrogens is 86.1 g/mol. The lowest BCUT2D eigenvalue weighted by Gasteiger charge is -1.70. The van der Waals surface area contributed by atoms with Gasteiger partial charge in [-0.1, -0.05) is 13.0 Å². The number of hydrogen-bond donors (Lipinski definition) is 0. The largest absolute Gasteiger partial charge is 0.297 e. The smallest absolute Gasteiger partial charge is 0.0277 e. The van der Waals surface area contributed by atoms with E-state index in [9.17, 15) is 0 Å². The Labute approximate surface area is 44.8 Å². The van der Waals surface area contributed by atoms with Gasteiger partial charge in [-0.15, -0.1) is 0 Å². The number of allylic oxidation sites excluding steroid dienone is 2. The van der Waals surface area contributed by atoms with Gasteiger partial charge in [-0.2, -0.15) is 0 Å². The molecule has 0 atom stereocenters. The average molecular weight is 97.2 g/mol. The first-order valence-corrected chi connectivity index (χ1v) is 2.49. The highest BCUT2D eigenvalue weighted by atomic mass is 14.6. The van der Waals surface area contributed by atoms with Crippen LogP contribution >= 0.6 is 0 Å². The molecule has 0 heterocycles. The molecule has 0 bridgehead atoms. The number of hydrogen-bond acceptors (Lipinski definition) is 1. The van der Waals surface area contributed by atoms with Crippen molar-refractivity contribution < 1.29 is 0 Å². The molecule has 40 valence electrons. The highest BCUT2D eigenvalue weighted by Crippen LogP contribution is 1.74. The monoisotopic (exact) mass is 97.1 g/mol. The fourth-order valence-corrected chi connectivity index (χ4v) is 0.283. The summed E-state index contributed by atoms with van der Waals surface area (Å²) in [4.78, 5) is 3.76. The SMILES string of the molecule is CC/C=C\C=NC. The Morgan fingerprint density at radius 3 is 2.71 bits per heavy atom. The van der Waals surface area contributed by atoms with E-state index in [4.69, 9.17) is 0 Å². The Morgan fingerprint density at radius 1 is 1.57 bits per heavy atom. The molecule has 0 spiro atoms. The number of aliphatic imine (C=N–C) groups is 1.